The topological polar surface area (TPSA) is 105 Å². The van der Waals surface area contributed by atoms with E-state index in [2.05, 4.69) is 15.5 Å². The Labute approximate surface area is 92.8 Å². The van der Waals surface area contributed by atoms with Gasteiger partial charge in [-0.3, -0.25) is 0 Å². The number of sulfone groups is 1. The second-order valence-electron chi connectivity index (χ2n) is 3.87. The third kappa shape index (κ3) is 2.57. The predicted octanol–water partition coefficient (Wildman–Crippen LogP) is -1.37. The van der Waals surface area contributed by atoms with Crippen LogP contribution in [-0.4, -0.2) is 47.3 Å². The summed E-state index contributed by atoms with van der Waals surface area (Å²) >= 11 is 0. The molecule has 2 N–H and O–H groups in total. The normalized spacial score (nSPS) is 28.4. The fourth-order valence-corrected chi connectivity index (χ4v) is 3.43. The quantitative estimate of drug-likeness (QED) is 0.678. The van der Waals surface area contributed by atoms with Crippen LogP contribution in [0.3, 0.4) is 0 Å². The monoisotopic (exact) mass is 247 g/mol. The van der Waals surface area contributed by atoms with Crippen LogP contribution in [0.4, 0.5) is 0 Å². The molecule has 0 aromatic carbocycles. The molecule has 0 aliphatic carbocycles. The summed E-state index contributed by atoms with van der Waals surface area (Å²) in [6, 6.07) is -0.461. The lowest BCUT2D eigenvalue weighted by Gasteiger charge is -2.12. The van der Waals surface area contributed by atoms with Crippen LogP contribution < -0.4 is 5.32 Å². The van der Waals surface area contributed by atoms with Gasteiger partial charge in [-0.1, -0.05) is 5.16 Å². The summed E-state index contributed by atoms with van der Waals surface area (Å²) in [7, 11) is -3.12. The highest BCUT2D eigenvalue weighted by Gasteiger charge is 2.36. The molecule has 1 fully saturated rings. The van der Waals surface area contributed by atoms with E-state index >= 15 is 0 Å². The van der Waals surface area contributed by atoms with Crippen LogP contribution in [0.5, 0.6) is 0 Å². The summed E-state index contributed by atoms with van der Waals surface area (Å²) in [5.74, 6) is 0.667. The van der Waals surface area contributed by atoms with Crippen LogP contribution in [0.2, 0.25) is 0 Å². The molecular formula is C8H13N3O4S. The van der Waals surface area contributed by atoms with E-state index in [1.807, 2.05) is 0 Å². The molecule has 0 spiro atoms. The van der Waals surface area contributed by atoms with Gasteiger partial charge in [0.1, 0.15) is 0 Å². The minimum atomic E-state index is -3.12. The maximum absolute atomic E-state index is 11.2. The van der Waals surface area contributed by atoms with Gasteiger partial charge in [-0.2, -0.15) is 4.98 Å². The molecule has 7 nitrogen and oxygen atoms in total. The van der Waals surface area contributed by atoms with Crippen molar-refractivity contribution < 1.29 is 18.0 Å². The lowest BCUT2D eigenvalue weighted by atomic mass is 10.2. The molecule has 0 amide bonds. The Hall–Kier alpha value is -0.990. The summed E-state index contributed by atoms with van der Waals surface area (Å²) in [4.78, 5) is 3.96. The fraction of sp³-hybridized carbons (Fsp3) is 0.750. The Morgan fingerprint density at radius 2 is 2.31 bits per heavy atom. The van der Waals surface area contributed by atoms with Gasteiger partial charge in [0.25, 0.3) is 0 Å². The van der Waals surface area contributed by atoms with E-state index in [9.17, 15) is 13.5 Å². The number of hydrogen-bond acceptors (Lipinski definition) is 7. The first-order valence-electron chi connectivity index (χ1n) is 4.87. The molecule has 1 saturated heterocycles. The van der Waals surface area contributed by atoms with Crippen molar-refractivity contribution in [1.29, 1.82) is 0 Å². The van der Waals surface area contributed by atoms with Crippen molar-refractivity contribution in [3.8, 4) is 0 Å². The van der Waals surface area contributed by atoms with Gasteiger partial charge in [-0.05, 0) is 6.92 Å². The molecule has 1 aromatic rings. The zero-order valence-electron chi connectivity index (χ0n) is 8.75. The third-order valence-corrected chi connectivity index (χ3v) is 4.12. The number of nitrogens with one attached hydrogen (secondary N) is 1. The predicted molar refractivity (Wildman–Crippen MR) is 54.3 cm³/mol. The molecule has 2 heterocycles. The number of rotatable bonds is 3. The summed E-state index contributed by atoms with van der Waals surface area (Å²) in [5, 5.41) is 16.0. The minimum absolute atomic E-state index is 0.0543. The van der Waals surface area contributed by atoms with Crippen molar-refractivity contribution in [3.63, 3.8) is 0 Å². The number of nitrogens with zero attached hydrogens (tertiary/aromatic N) is 2. The Morgan fingerprint density at radius 1 is 1.56 bits per heavy atom. The van der Waals surface area contributed by atoms with E-state index in [4.69, 9.17) is 4.52 Å². The van der Waals surface area contributed by atoms with Gasteiger partial charge in [0, 0.05) is 6.04 Å². The molecule has 1 aromatic heterocycles. The highest BCUT2D eigenvalue weighted by Crippen LogP contribution is 2.12. The standard InChI is InChI=1S/C8H13N3O4S/c1-5-10-8(15-11-5)2-9-6-3-16(13,14)4-7(6)12/h6-7,9,12H,2-4H2,1H3. The summed E-state index contributed by atoms with van der Waals surface area (Å²) < 4.78 is 27.3. The average Bonchev–Trinajstić information content (AvgIpc) is 2.67. The molecule has 0 saturated carbocycles. The van der Waals surface area contributed by atoms with Crippen molar-refractivity contribution in [2.24, 2.45) is 0 Å². The van der Waals surface area contributed by atoms with Crippen molar-refractivity contribution >= 4 is 9.84 Å². The van der Waals surface area contributed by atoms with Crippen LogP contribution in [0.15, 0.2) is 4.52 Å². The lowest BCUT2D eigenvalue weighted by molar-refractivity contribution is 0.163. The average molecular weight is 247 g/mol. The van der Waals surface area contributed by atoms with Gasteiger partial charge in [0.2, 0.25) is 5.89 Å². The molecule has 1 aliphatic rings. The van der Waals surface area contributed by atoms with Gasteiger partial charge in [0.15, 0.2) is 15.7 Å². The highest BCUT2D eigenvalue weighted by atomic mass is 32.2. The number of aliphatic hydroxyl groups is 1. The smallest absolute Gasteiger partial charge is 0.240 e. The second-order valence-corrected chi connectivity index (χ2v) is 6.02. The molecule has 2 rings (SSSR count). The summed E-state index contributed by atoms with van der Waals surface area (Å²) in [5.41, 5.74) is 0. The minimum Gasteiger partial charge on any atom is -0.390 e. The Kier molecular flexibility index (Phi) is 2.96. The number of hydrogen-bond donors (Lipinski definition) is 2. The van der Waals surface area contributed by atoms with Crippen LogP contribution in [0.1, 0.15) is 11.7 Å². The van der Waals surface area contributed by atoms with Gasteiger partial charge in [0.05, 0.1) is 24.2 Å². The van der Waals surface area contributed by atoms with Gasteiger partial charge in [-0.25, -0.2) is 8.42 Å². The van der Waals surface area contributed by atoms with E-state index < -0.39 is 22.0 Å². The maximum Gasteiger partial charge on any atom is 0.240 e. The molecule has 0 bridgehead atoms. The molecule has 16 heavy (non-hydrogen) atoms. The molecule has 8 heteroatoms. The van der Waals surface area contributed by atoms with E-state index in [1.54, 1.807) is 6.92 Å². The highest BCUT2D eigenvalue weighted by molar-refractivity contribution is 7.91. The largest absolute Gasteiger partial charge is 0.390 e. The van der Waals surface area contributed by atoms with Crippen molar-refractivity contribution in [3.05, 3.63) is 11.7 Å². The molecule has 0 radical (unpaired) electrons. The van der Waals surface area contributed by atoms with Gasteiger partial charge in [-0.15, -0.1) is 0 Å². The van der Waals surface area contributed by atoms with Crippen LogP contribution >= 0.6 is 0 Å². The molecular weight excluding hydrogens is 234 g/mol. The second kappa shape index (κ2) is 4.11. The number of aryl methyl sites for hydroxylation is 1. The first-order chi connectivity index (χ1) is 7.46. The molecule has 90 valence electrons. The Bertz CT molecular complexity index is 469. The van der Waals surface area contributed by atoms with Gasteiger partial charge < -0.3 is 14.9 Å². The zero-order chi connectivity index (χ0) is 11.8. The lowest BCUT2D eigenvalue weighted by Crippen LogP contribution is -2.38. The van der Waals surface area contributed by atoms with Gasteiger partial charge >= 0.3 is 0 Å². The fourth-order valence-electron chi connectivity index (χ4n) is 1.65. The van der Waals surface area contributed by atoms with Crippen molar-refractivity contribution in [2.75, 3.05) is 11.5 Å². The SMILES string of the molecule is Cc1noc(CNC2CS(=O)(=O)CC2O)n1. The Balaban J connectivity index is 1.92. The van der Waals surface area contributed by atoms with E-state index in [0.717, 1.165) is 0 Å². The van der Waals surface area contributed by atoms with E-state index in [-0.39, 0.29) is 18.1 Å². The number of aliphatic hydroxyl groups excluding tert-OH is 1. The van der Waals surface area contributed by atoms with Crippen LogP contribution in [-0.2, 0) is 16.4 Å². The molecule has 2 atom stereocenters. The van der Waals surface area contributed by atoms with Crippen molar-refractivity contribution in [2.45, 2.75) is 25.6 Å². The molecule has 2 unspecified atom stereocenters. The first-order valence-corrected chi connectivity index (χ1v) is 6.69. The zero-order valence-corrected chi connectivity index (χ0v) is 9.57. The maximum atomic E-state index is 11.2. The van der Waals surface area contributed by atoms with Crippen LogP contribution in [0, 0.1) is 6.92 Å². The third-order valence-electron chi connectivity index (χ3n) is 2.41. The van der Waals surface area contributed by atoms with Crippen LogP contribution in [0.25, 0.3) is 0 Å². The first kappa shape index (κ1) is 11.5. The summed E-state index contributed by atoms with van der Waals surface area (Å²) in [6.07, 6.45) is -0.867. The van der Waals surface area contributed by atoms with Crippen molar-refractivity contribution in [1.82, 2.24) is 15.5 Å². The number of aromatic nitrogens is 2. The molecule has 1 aliphatic heterocycles. The Morgan fingerprint density at radius 3 is 2.81 bits per heavy atom. The van der Waals surface area contributed by atoms with E-state index in [0.29, 0.717) is 11.7 Å². The van der Waals surface area contributed by atoms with E-state index in [1.165, 1.54) is 0 Å². The summed E-state index contributed by atoms with van der Waals surface area (Å²) in [6.45, 7) is 1.96.